The maximum atomic E-state index is 11.0. The lowest BCUT2D eigenvalue weighted by atomic mass is 9.94. The van der Waals surface area contributed by atoms with Crippen molar-refractivity contribution in [2.75, 3.05) is 7.11 Å². The monoisotopic (exact) mass is 194 g/mol. The molecule has 14 heavy (non-hydrogen) atoms. The first-order valence-corrected chi connectivity index (χ1v) is 4.47. The Balaban J connectivity index is 2.95. The first kappa shape index (κ1) is 10.7. The highest BCUT2D eigenvalue weighted by Gasteiger charge is 2.25. The zero-order valence-electron chi connectivity index (χ0n) is 8.31. The Morgan fingerprint density at radius 1 is 1.36 bits per heavy atom. The lowest BCUT2D eigenvalue weighted by molar-refractivity contribution is -0.141. The third-order valence-electron chi connectivity index (χ3n) is 2.27. The third-order valence-corrected chi connectivity index (χ3v) is 2.27. The fourth-order valence-electron chi connectivity index (χ4n) is 1.41. The van der Waals surface area contributed by atoms with Crippen LogP contribution >= 0.6 is 0 Å². The van der Waals surface area contributed by atoms with Gasteiger partial charge in [0.15, 0.2) is 0 Å². The Hall–Kier alpha value is -1.35. The highest BCUT2D eigenvalue weighted by atomic mass is 16.5. The van der Waals surface area contributed by atoms with Crippen LogP contribution in [0.25, 0.3) is 0 Å². The summed E-state index contributed by atoms with van der Waals surface area (Å²) in [5, 5.41) is 9.05. The van der Waals surface area contributed by atoms with Crippen molar-refractivity contribution in [3.63, 3.8) is 0 Å². The number of carboxylic acid groups (broad SMARTS) is 1. The third kappa shape index (κ3) is 2.33. The Kier molecular flexibility index (Phi) is 3.65. The molecule has 0 aromatic heterocycles. The zero-order valence-corrected chi connectivity index (χ0v) is 8.31. The first-order chi connectivity index (χ1) is 6.66. The van der Waals surface area contributed by atoms with E-state index in [1.807, 2.05) is 18.2 Å². The van der Waals surface area contributed by atoms with Crippen LogP contribution in [0.5, 0.6) is 0 Å². The maximum Gasteiger partial charge on any atom is 0.313 e. The summed E-state index contributed by atoms with van der Waals surface area (Å²) in [6.07, 6.45) is -0.324. The smallest absolute Gasteiger partial charge is 0.313 e. The number of ether oxygens (including phenoxy) is 1. The number of hydrogen-bond acceptors (Lipinski definition) is 2. The number of benzene rings is 1. The number of hydrogen-bond donors (Lipinski definition) is 1. The Morgan fingerprint density at radius 2 is 1.93 bits per heavy atom. The lowest BCUT2D eigenvalue weighted by Crippen LogP contribution is -2.25. The molecule has 3 heteroatoms. The van der Waals surface area contributed by atoms with Gasteiger partial charge in [0, 0.05) is 7.11 Å². The summed E-state index contributed by atoms with van der Waals surface area (Å²) in [6, 6.07) is 9.11. The van der Waals surface area contributed by atoms with Crippen molar-refractivity contribution >= 4 is 5.97 Å². The highest BCUT2D eigenvalue weighted by Crippen LogP contribution is 2.21. The second-order valence-electron chi connectivity index (χ2n) is 3.17. The van der Waals surface area contributed by atoms with E-state index >= 15 is 0 Å². The van der Waals surface area contributed by atoms with Gasteiger partial charge in [-0.2, -0.15) is 0 Å². The van der Waals surface area contributed by atoms with Crippen LogP contribution in [-0.2, 0) is 9.53 Å². The molecule has 0 spiro atoms. The molecular formula is C11H14O3. The van der Waals surface area contributed by atoms with Crippen LogP contribution in [-0.4, -0.2) is 24.3 Å². The molecule has 1 N–H and O–H groups in total. The van der Waals surface area contributed by atoms with Gasteiger partial charge in [-0.1, -0.05) is 30.3 Å². The fraction of sp³-hybridized carbons (Fsp3) is 0.364. The SMILES string of the molecule is COC(C)C(C(=O)O)c1ccccc1. The Labute approximate surface area is 83.3 Å². The summed E-state index contributed by atoms with van der Waals surface area (Å²) in [7, 11) is 1.52. The maximum absolute atomic E-state index is 11.0. The lowest BCUT2D eigenvalue weighted by Gasteiger charge is -2.18. The number of aliphatic carboxylic acids is 1. The largest absolute Gasteiger partial charge is 0.481 e. The van der Waals surface area contributed by atoms with Gasteiger partial charge >= 0.3 is 5.97 Å². The van der Waals surface area contributed by atoms with Gasteiger partial charge in [-0.25, -0.2) is 0 Å². The van der Waals surface area contributed by atoms with Crippen molar-refractivity contribution in [2.45, 2.75) is 18.9 Å². The minimum Gasteiger partial charge on any atom is -0.481 e. The van der Waals surface area contributed by atoms with E-state index in [4.69, 9.17) is 9.84 Å². The molecule has 76 valence electrons. The van der Waals surface area contributed by atoms with E-state index in [1.165, 1.54) is 7.11 Å². The summed E-state index contributed by atoms with van der Waals surface area (Å²) < 4.78 is 5.05. The van der Waals surface area contributed by atoms with Crippen LogP contribution in [0.1, 0.15) is 18.4 Å². The minimum atomic E-state index is -0.856. The van der Waals surface area contributed by atoms with Gasteiger partial charge in [0.1, 0.15) is 5.92 Å². The molecule has 0 fully saturated rings. The van der Waals surface area contributed by atoms with E-state index in [0.29, 0.717) is 0 Å². The van der Waals surface area contributed by atoms with Gasteiger partial charge < -0.3 is 9.84 Å². The molecule has 1 aromatic carbocycles. The predicted molar refractivity (Wildman–Crippen MR) is 53.3 cm³/mol. The number of methoxy groups -OCH3 is 1. The molecule has 0 heterocycles. The zero-order chi connectivity index (χ0) is 10.6. The van der Waals surface area contributed by atoms with Gasteiger partial charge in [0.25, 0.3) is 0 Å². The normalized spacial score (nSPS) is 14.7. The Morgan fingerprint density at radius 3 is 2.36 bits per heavy atom. The number of carbonyl (C=O) groups is 1. The van der Waals surface area contributed by atoms with Crippen LogP contribution in [0.4, 0.5) is 0 Å². The first-order valence-electron chi connectivity index (χ1n) is 4.47. The number of rotatable bonds is 4. The molecule has 2 unspecified atom stereocenters. The molecule has 0 aliphatic carbocycles. The van der Waals surface area contributed by atoms with Gasteiger partial charge in [-0.05, 0) is 12.5 Å². The summed E-state index contributed by atoms with van der Waals surface area (Å²) in [5.41, 5.74) is 0.773. The van der Waals surface area contributed by atoms with Crippen LogP contribution in [0.2, 0.25) is 0 Å². The summed E-state index contributed by atoms with van der Waals surface area (Å²) in [6.45, 7) is 1.76. The minimum absolute atomic E-state index is 0.324. The highest BCUT2D eigenvalue weighted by molar-refractivity contribution is 5.76. The molecule has 0 bridgehead atoms. The van der Waals surface area contributed by atoms with Crippen LogP contribution < -0.4 is 0 Å². The molecule has 0 radical (unpaired) electrons. The quantitative estimate of drug-likeness (QED) is 0.796. The van der Waals surface area contributed by atoms with E-state index in [-0.39, 0.29) is 6.10 Å². The van der Waals surface area contributed by atoms with Crippen molar-refractivity contribution in [3.8, 4) is 0 Å². The predicted octanol–water partition coefficient (Wildman–Crippen LogP) is 1.89. The summed E-state index contributed by atoms with van der Waals surface area (Å²) >= 11 is 0. The van der Waals surface area contributed by atoms with Crippen LogP contribution in [0.3, 0.4) is 0 Å². The van der Waals surface area contributed by atoms with Crippen molar-refractivity contribution in [2.24, 2.45) is 0 Å². The molecule has 0 aliphatic heterocycles. The van der Waals surface area contributed by atoms with Crippen molar-refractivity contribution in [1.82, 2.24) is 0 Å². The van der Waals surface area contributed by atoms with Gasteiger partial charge in [-0.15, -0.1) is 0 Å². The molecule has 0 aliphatic rings. The topological polar surface area (TPSA) is 46.5 Å². The standard InChI is InChI=1S/C11H14O3/c1-8(14-2)10(11(12)13)9-6-4-3-5-7-9/h3-8,10H,1-2H3,(H,12,13). The molecule has 2 atom stereocenters. The van der Waals surface area contributed by atoms with E-state index in [2.05, 4.69) is 0 Å². The van der Waals surface area contributed by atoms with Crippen molar-refractivity contribution < 1.29 is 14.6 Å². The second-order valence-corrected chi connectivity index (χ2v) is 3.17. The second kappa shape index (κ2) is 4.77. The average molecular weight is 194 g/mol. The fourth-order valence-corrected chi connectivity index (χ4v) is 1.41. The van der Waals surface area contributed by atoms with E-state index in [0.717, 1.165) is 5.56 Å². The average Bonchev–Trinajstić information content (AvgIpc) is 2.19. The Bertz CT molecular complexity index is 295. The molecule has 1 aromatic rings. The molecular weight excluding hydrogens is 180 g/mol. The van der Waals surface area contributed by atoms with Crippen molar-refractivity contribution in [1.29, 1.82) is 0 Å². The van der Waals surface area contributed by atoms with Gasteiger partial charge in [0.05, 0.1) is 6.10 Å². The molecule has 0 amide bonds. The van der Waals surface area contributed by atoms with Gasteiger partial charge in [-0.3, -0.25) is 4.79 Å². The van der Waals surface area contributed by atoms with E-state index in [9.17, 15) is 4.79 Å². The molecule has 3 nitrogen and oxygen atoms in total. The molecule has 0 saturated heterocycles. The molecule has 1 rings (SSSR count). The van der Waals surface area contributed by atoms with Gasteiger partial charge in [0.2, 0.25) is 0 Å². The summed E-state index contributed by atoms with van der Waals surface area (Å²) in [4.78, 5) is 11.0. The summed E-state index contributed by atoms with van der Waals surface area (Å²) in [5.74, 6) is -1.45. The molecule has 0 saturated carbocycles. The van der Waals surface area contributed by atoms with Crippen LogP contribution in [0, 0.1) is 0 Å². The van der Waals surface area contributed by atoms with Crippen LogP contribution in [0.15, 0.2) is 30.3 Å². The van der Waals surface area contributed by atoms with E-state index < -0.39 is 11.9 Å². The van der Waals surface area contributed by atoms with E-state index in [1.54, 1.807) is 19.1 Å². The van der Waals surface area contributed by atoms with Crippen molar-refractivity contribution in [3.05, 3.63) is 35.9 Å². The number of carboxylic acids is 1.